The minimum Gasteiger partial charge on any atom is -0.454 e. The fourth-order valence-electron chi connectivity index (χ4n) is 6.65. The molecule has 1 spiro atoms. The van der Waals surface area contributed by atoms with Gasteiger partial charge in [0.15, 0.2) is 17.4 Å². The van der Waals surface area contributed by atoms with Crippen molar-refractivity contribution in [3.63, 3.8) is 0 Å². The van der Waals surface area contributed by atoms with Crippen molar-refractivity contribution in [2.75, 3.05) is 31.1 Å². The van der Waals surface area contributed by atoms with Crippen LogP contribution in [-0.2, 0) is 10.9 Å². The highest BCUT2D eigenvalue weighted by Crippen LogP contribution is 2.50. The van der Waals surface area contributed by atoms with Gasteiger partial charge < -0.3 is 19.3 Å². The number of alkyl halides is 3. The van der Waals surface area contributed by atoms with Crippen LogP contribution in [0.15, 0.2) is 61.2 Å². The normalized spacial score (nSPS) is 16.6. The first-order chi connectivity index (χ1) is 24.6. The van der Waals surface area contributed by atoms with E-state index in [4.69, 9.17) is 9.47 Å². The number of anilines is 1. The molecule has 2 saturated heterocycles. The monoisotopic (exact) mass is 726 g/mol. The lowest BCUT2D eigenvalue weighted by atomic mass is 9.72. The van der Waals surface area contributed by atoms with E-state index >= 15 is 17.6 Å². The number of likely N-dealkylation sites (tertiary alicyclic amines) is 1. The standard InChI is InChI=1S/C37H36F6N6O3/c1-35(2,3)52-34(50)48-15-11-36(12-16-48)10-4-14-49(22-36)33-23(17-26(39)29-21-44-20-28(47-29)24-9-13-45-46-19-24)5-7-31(32(33)37(41,42)43)51-30-8-6-25(38)18-27(30)40/h5-9,13,17-21H,4,10-12,14-16,22H2,1-3H3/b26-17-. The van der Waals surface area contributed by atoms with Gasteiger partial charge in [0.1, 0.15) is 28.4 Å². The molecule has 2 aromatic carbocycles. The zero-order chi connectivity index (χ0) is 37.3. The number of aromatic nitrogens is 4. The molecule has 9 nitrogen and oxygen atoms in total. The maximum Gasteiger partial charge on any atom is 0.422 e. The predicted octanol–water partition coefficient (Wildman–Crippen LogP) is 9.11. The van der Waals surface area contributed by atoms with E-state index < -0.39 is 57.8 Å². The number of benzene rings is 2. The molecule has 0 aliphatic carbocycles. The van der Waals surface area contributed by atoms with Gasteiger partial charge in [0.05, 0.1) is 36.2 Å². The van der Waals surface area contributed by atoms with Crippen molar-refractivity contribution in [1.29, 1.82) is 0 Å². The second-order valence-corrected chi connectivity index (χ2v) is 14.0. The van der Waals surface area contributed by atoms with Gasteiger partial charge in [-0.15, -0.1) is 0 Å². The van der Waals surface area contributed by atoms with Crippen LogP contribution >= 0.6 is 0 Å². The molecular formula is C37H36F6N6O3. The Balaban J connectivity index is 1.41. The van der Waals surface area contributed by atoms with Crippen LogP contribution < -0.4 is 9.64 Å². The molecule has 15 heteroatoms. The molecule has 2 aromatic heterocycles. The number of amides is 1. The topological polar surface area (TPSA) is 93.6 Å². The summed E-state index contributed by atoms with van der Waals surface area (Å²) in [7, 11) is 0. The number of piperidine rings is 2. The Labute approximate surface area is 296 Å². The van der Waals surface area contributed by atoms with Gasteiger partial charge in [0.2, 0.25) is 0 Å². The smallest absolute Gasteiger partial charge is 0.422 e. The van der Waals surface area contributed by atoms with Crippen LogP contribution in [0.2, 0.25) is 0 Å². The number of rotatable bonds is 6. The summed E-state index contributed by atoms with van der Waals surface area (Å²) in [5.74, 6) is -4.43. The van der Waals surface area contributed by atoms with Crippen LogP contribution in [0.5, 0.6) is 11.5 Å². The van der Waals surface area contributed by atoms with Crippen molar-refractivity contribution >= 4 is 23.7 Å². The predicted molar refractivity (Wildman–Crippen MR) is 181 cm³/mol. The van der Waals surface area contributed by atoms with Crippen molar-refractivity contribution in [2.45, 2.75) is 58.2 Å². The summed E-state index contributed by atoms with van der Waals surface area (Å²) in [6.45, 7) is 6.38. The number of ether oxygens (including phenoxy) is 2. The van der Waals surface area contributed by atoms with Crippen molar-refractivity contribution < 1.29 is 40.6 Å². The molecule has 0 bridgehead atoms. The van der Waals surface area contributed by atoms with Crippen LogP contribution in [0.4, 0.5) is 36.8 Å². The van der Waals surface area contributed by atoms with E-state index in [1.807, 2.05) is 0 Å². The van der Waals surface area contributed by atoms with E-state index in [1.54, 1.807) is 36.6 Å². The molecule has 0 unspecified atom stereocenters. The Morgan fingerprint density at radius 3 is 2.35 bits per heavy atom. The van der Waals surface area contributed by atoms with Crippen molar-refractivity contribution in [2.24, 2.45) is 5.41 Å². The number of hydrogen-bond donors (Lipinski definition) is 0. The van der Waals surface area contributed by atoms with Gasteiger partial charge in [-0.2, -0.15) is 23.4 Å². The largest absolute Gasteiger partial charge is 0.454 e. The number of hydrogen-bond acceptors (Lipinski definition) is 8. The Morgan fingerprint density at radius 2 is 1.67 bits per heavy atom. The molecule has 4 aromatic rings. The van der Waals surface area contributed by atoms with E-state index in [0.717, 1.165) is 30.5 Å². The Kier molecular flexibility index (Phi) is 10.1. The highest BCUT2D eigenvalue weighted by atomic mass is 19.4. The van der Waals surface area contributed by atoms with Crippen molar-refractivity contribution in [3.05, 3.63) is 89.6 Å². The maximum absolute atomic E-state index is 16.1. The van der Waals surface area contributed by atoms with Crippen LogP contribution in [-0.4, -0.2) is 62.9 Å². The molecule has 52 heavy (non-hydrogen) atoms. The molecular weight excluding hydrogens is 690 g/mol. The first-order valence-corrected chi connectivity index (χ1v) is 16.7. The number of nitrogens with zero attached hydrogens (tertiary/aromatic N) is 6. The maximum atomic E-state index is 16.1. The summed E-state index contributed by atoms with van der Waals surface area (Å²) < 4.78 is 101. The third-order valence-corrected chi connectivity index (χ3v) is 9.06. The van der Waals surface area contributed by atoms with Gasteiger partial charge in [-0.1, -0.05) is 0 Å². The van der Waals surface area contributed by atoms with Gasteiger partial charge in [-0.3, -0.25) is 4.98 Å². The van der Waals surface area contributed by atoms with E-state index in [1.165, 1.54) is 24.7 Å². The third kappa shape index (κ3) is 8.29. The van der Waals surface area contributed by atoms with Gasteiger partial charge >= 0.3 is 12.3 Å². The van der Waals surface area contributed by atoms with E-state index in [2.05, 4.69) is 20.2 Å². The van der Waals surface area contributed by atoms with Crippen LogP contribution in [0.25, 0.3) is 23.2 Å². The average Bonchev–Trinajstić information content (AvgIpc) is 3.09. The molecule has 0 N–H and O–H groups in total. The molecule has 2 fully saturated rings. The number of carbonyl (C=O) groups excluding carboxylic acids is 1. The summed E-state index contributed by atoms with van der Waals surface area (Å²) in [6.07, 6.45) is 3.06. The van der Waals surface area contributed by atoms with Gasteiger partial charge in [-0.25, -0.2) is 22.9 Å². The zero-order valence-corrected chi connectivity index (χ0v) is 28.7. The average molecular weight is 727 g/mol. The molecule has 1 amide bonds. The highest BCUT2D eigenvalue weighted by Gasteiger charge is 2.45. The lowest BCUT2D eigenvalue weighted by molar-refractivity contribution is -0.138. The van der Waals surface area contributed by atoms with Gasteiger partial charge in [0, 0.05) is 43.4 Å². The van der Waals surface area contributed by atoms with E-state index in [-0.39, 0.29) is 35.7 Å². The summed E-state index contributed by atoms with van der Waals surface area (Å²) in [5.41, 5.74) is -2.34. The fraction of sp³-hybridized carbons (Fsp3) is 0.378. The third-order valence-electron chi connectivity index (χ3n) is 9.06. The second-order valence-electron chi connectivity index (χ2n) is 14.0. The second kappa shape index (κ2) is 14.4. The molecule has 0 radical (unpaired) electrons. The first-order valence-electron chi connectivity index (χ1n) is 16.7. The first kappa shape index (κ1) is 36.6. The Bertz CT molecular complexity index is 1960. The minimum absolute atomic E-state index is 0.127. The van der Waals surface area contributed by atoms with Crippen molar-refractivity contribution in [3.8, 4) is 22.8 Å². The highest BCUT2D eigenvalue weighted by molar-refractivity contribution is 5.84. The Hall–Kier alpha value is -5.21. The summed E-state index contributed by atoms with van der Waals surface area (Å²) in [5, 5.41) is 7.51. The fourth-order valence-corrected chi connectivity index (χ4v) is 6.65. The number of halogens is 6. The molecule has 2 aliphatic heterocycles. The molecule has 2 aliphatic rings. The van der Waals surface area contributed by atoms with E-state index in [0.29, 0.717) is 50.4 Å². The summed E-state index contributed by atoms with van der Waals surface area (Å²) >= 11 is 0. The zero-order valence-electron chi connectivity index (χ0n) is 28.7. The molecule has 4 heterocycles. The SMILES string of the molecule is CC(C)(C)OC(=O)N1CCC2(CCCN(c3c(/C=C(\F)c4cncc(-c5ccnnc5)n4)ccc(Oc4ccc(F)cc4F)c3C(F)(F)F)C2)CC1. The molecule has 0 atom stereocenters. The summed E-state index contributed by atoms with van der Waals surface area (Å²) in [6, 6.07) is 6.12. The van der Waals surface area contributed by atoms with Crippen LogP contribution in [0.1, 0.15) is 63.3 Å². The minimum atomic E-state index is -5.06. The van der Waals surface area contributed by atoms with Gasteiger partial charge in [-0.05, 0) is 88.3 Å². The van der Waals surface area contributed by atoms with E-state index in [9.17, 15) is 13.6 Å². The molecule has 0 saturated carbocycles. The van der Waals surface area contributed by atoms with Crippen molar-refractivity contribution in [1.82, 2.24) is 25.1 Å². The van der Waals surface area contributed by atoms with Crippen LogP contribution in [0, 0.1) is 17.0 Å². The molecule has 274 valence electrons. The number of carbonyl (C=O) groups is 1. The molecule has 6 rings (SSSR count). The lowest BCUT2D eigenvalue weighted by Gasteiger charge is -2.49. The summed E-state index contributed by atoms with van der Waals surface area (Å²) in [4.78, 5) is 24.3. The van der Waals surface area contributed by atoms with Crippen LogP contribution in [0.3, 0.4) is 0 Å². The quantitative estimate of drug-likeness (QED) is 0.182. The van der Waals surface area contributed by atoms with Gasteiger partial charge in [0.25, 0.3) is 0 Å². The Morgan fingerprint density at radius 1 is 0.923 bits per heavy atom. The lowest BCUT2D eigenvalue weighted by Crippen LogP contribution is -2.51.